The monoisotopic (exact) mass is 193 g/mol. The van der Waals surface area contributed by atoms with Gasteiger partial charge in [0.05, 0.1) is 0 Å². The third-order valence-corrected chi connectivity index (χ3v) is 3.73. The maximum Gasteiger partial charge on any atom is 0.127 e. The molecule has 2 fully saturated rings. The lowest BCUT2D eigenvalue weighted by Gasteiger charge is -2.38. The first-order chi connectivity index (χ1) is 6.73. The van der Waals surface area contributed by atoms with Gasteiger partial charge in [-0.3, -0.25) is 0 Å². The fraction of sp³-hybridized carbons (Fsp3) is 0.833. The number of rotatable bonds is 1. The lowest BCUT2D eigenvalue weighted by atomic mass is 9.91. The van der Waals surface area contributed by atoms with Crippen LogP contribution in [0.15, 0.2) is 0 Å². The zero-order chi connectivity index (χ0) is 10.0. The van der Waals surface area contributed by atoms with E-state index in [-0.39, 0.29) is 0 Å². The van der Waals surface area contributed by atoms with Gasteiger partial charge < -0.3 is 10.0 Å². The van der Waals surface area contributed by atoms with Crippen molar-refractivity contribution in [3.05, 3.63) is 0 Å². The van der Waals surface area contributed by atoms with Crippen LogP contribution in [0.3, 0.4) is 0 Å². The number of terminal acetylenes is 1. The maximum atomic E-state index is 9.88. The molecule has 1 aliphatic carbocycles. The van der Waals surface area contributed by atoms with Gasteiger partial charge in [0.25, 0.3) is 0 Å². The molecule has 0 bridgehead atoms. The summed E-state index contributed by atoms with van der Waals surface area (Å²) in [5.41, 5.74) is -0.810. The van der Waals surface area contributed by atoms with E-state index in [0.717, 1.165) is 32.0 Å². The molecular weight excluding hydrogens is 174 g/mol. The molecule has 0 aromatic carbocycles. The second kappa shape index (κ2) is 3.92. The fourth-order valence-electron chi connectivity index (χ4n) is 2.67. The van der Waals surface area contributed by atoms with E-state index < -0.39 is 5.60 Å². The normalized spacial score (nSPS) is 28.9. The van der Waals surface area contributed by atoms with Gasteiger partial charge in [-0.15, -0.1) is 6.42 Å². The summed E-state index contributed by atoms with van der Waals surface area (Å²) in [6.45, 7) is 1.96. The van der Waals surface area contributed by atoms with Gasteiger partial charge in [0, 0.05) is 32.0 Å². The molecule has 0 radical (unpaired) electrons. The second-order valence-corrected chi connectivity index (χ2v) is 4.65. The van der Waals surface area contributed by atoms with Crippen LogP contribution in [0.2, 0.25) is 0 Å². The minimum Gasteiger partial charge on any atom is -0.378 e. The largest absolute Gasteiger partial charge is 0.378 e. The Morgan fingerprint density at radius 2 is 1.79 bits per heavy atom. The number of aliphatic hydroxyl groups is 1. The molecule has 1 aliphatic heterocycles. The maximum absolute atomic E-state index is 9.88. The van der Waals surface area contributed by atoms with Crippen molar-refractivity contribution in [3.8, 4) is 12.3 Å². The van der Waals surface area contributed by atoms with Gasteiger partial charge >= 0.3 is 0 Å². The molecule has 2 aliphatic rings. The van der Waals surface area contributed by atoms with Gasteiger partial charge in [-0.2, -0.15) is 0 Å². The third kappa shape index (κ3) is 1.94. The summed E-state index contributed by atoms with van der Waals surface area (Å²) >= 11 is 0. The summed E-state index contributed by atoms with van der Waals surface area (Å²) < 4.78 is 0. The van der Waals surface area contributed by atoms with Crippen LogP contribution in [0.5, 0.6) is 0 Å². The number of hydrogen-bond donors (Lipinski definition) is 1. The molecule has 0 atom stereocenters. The molecule has 1 heterocycles. The highest BCUT2D eigenvalue weighted by atomic mass is 16.3. The van der Waals surface area contributed by atoms with Crippen molar-refractivity contribution in [2.24, 2.45) is 0 Å². The molecule has 1 saturated carbocycles. The fourth-order valence-corrected chi connectivity index (χ4v) is 2.67. The Labute approximate surface area is 86.3 Å². The summed E-state index contributed by atoms with van der Waals surface area (Å²) in [4.78, 5) is 2.51. The number of piperidine rings is 1. The Bertz CT molecular complexity index is 229. The Balaban J connectivity index is 1.87. The minimum absolute atomic E-state index is 0.750. The minimum atomic E-state index is -0.810. The van der Waals surface area contributed by atoms with Crippen LogP contribution < -0.4 is 0 Å². The van der Waals surface area contributed by atoms with E-state index in [1.165, 1.54) is 25.7 Å². The molecule has 14 heavy (non-hydrogen) atoms. The van der Waals surface area contributed by atoms with Gasteiger partial charge in [0.1, 0.15) is 5.60 Å². The Morgan fingerprint density at radius 3 is 2.29 bits per heavy atom. The average molecular weight is 193 g/mol. The molecule has 0 aromatic heterocycles. The van der Waals surface area contributed by atoms with Crippen molar-refractivity contribution >= 4 is 0 Å². The molecule has 78 valence electrons. The first-order valence-corrected chi connectivity index (χ1v) is 5.68. The first kappa shape index (κ1) is 10.0. The van der Waals surface area contributed by atoms with E-state index in [1.807, 2.05) is 0 Å². The molecule has 0 spiro atoms. The van der Waals surface area contributed by atoms with Crippen molar-refractivity contribution < 1.29 is 5.11 Å². The molecule has 2 rings (SSSR count). The quantitative estimate of drug-likeness (QED) is 0.636. The summed E-state index contributed by atoms with van der Waals surface area (Å²) in [6.07, 6.45) is 12.3. The summed E-state index contributed by atoms with van der Waals surface area (Å²) in [5.74, 6) is 2.52. The van der Waals surface area contributed by atoms with Crippen LogP contribution in [0, 0.1) is 12.3 Å². The molecular formula is C12H19NO. The van der Waals surface area contributed by atoms with Crippen LogP contribution >= 0.6 is 0 Å². The van der Waals surface area contributed by atoms with Crippen molar-refractivity contribution in [1.29, 1.82) is 0 Å². The molecule has 1 saturated heterocycles. The SMILES string of the molecule is C#CC1(O)CCN(C2CCCC2)CC1. The van der Waals surface area contributed by atoms with Crippen molar-refractivity contribution in [2.45, 2.75) is 50.2 Å². The van der Waals surface area contributed by atoms with E-state index in [0.29, 0.717) is 0 Å². The van der Waals surface area contributed by atoms with Gasteiger partial charge in [-0.05, 0) is 12.8 Å². The lowest BCUT2D eigenvalue weighted by Crippen LogP contribution is -2.46. The number of likely N-dealkylation sites (tertiary alicyclic amines) is 1. The Morgan fingerprint density at radius 1 is 1.21 bits per heavy atom. The highest BCUT2D eigenvalue weighted by Gasteiger charge is 2.33. The Kier molecular flexibility index (Phi) is 2.80. The predicted molar refractivity (Wildman–Crippen MR) is 56.8 cm³/mol. The molecule has 2 heteroatoms. The molecule has 0 aromatic rings. The van der Waals surface area contributed by atoms with Gasteiger partial charge in [0.15, 0.2) is 0 Å². The van der Waals surface area contributed by atoms with E-state index in [2.05, 4.69) is 10.8 Å². The molecule has 2 nitrogen and oxygen atoms in total. The topological polar surface area (TPSA) is 23.5 Å². The number of hydrogen-bond acceptors (Lipinski definition) is 2. The van der Waals surface area contributed by atoms with Crippen LogP contribution in [0.1, 0.15) is 38.5 Å². The van der Waals surface area contributed by atoms with Crippen molar-refractivity contribution in [2.75, 3.05) is 13.1 Å². The predicted octanol–water partition coefficient (Wildman–Crippen LogP) is 1.39. The Hall–Kier alpha value is -0.520. The summed E-state index contributed by atoms with van der Waals surface area (Å²) in [7, 11) is 0. The average Bonchev–Trinajstić information content (AvgIpc) is 2.72. The van der Waals surface area contributed by atoms with E-state index in [4.69, 9.17) is 6.42 Å². The zero-order valence-electron chi connectivity index (χ0n) is 8.71. The van der Waals surface area contributed by atoms with E-state index in [9.17, 15) is 5.11 Å². The van der Waals surface area contributed by atoms with Gasteiger partial charge in [-0.25, -0.2) is 0 Å². The first-order valence-electron chi connectivity index (χ1n) is 5.68. The lowest BCUT2D eigenvalue weighted by molar-refractivity contribution is 0.0138. The van der Waals surface area contributed by atoms with Crippen molar-refractivity contribution in [3.63, 3.8) is 0 Å². The van der Waals surface area contributed by atoms with Crippen LogP contribution in [-0.4, -0.2) is 34.7 Å². The zero-order valence-corrected chi connectivity index (χ0v) is 8.71. The van der Waals surface area contributed by atoms with Crippen LogP contribution in [-0.2, 0) is 0 Å². The number of nitrogens with zero attached hydrogens (tertiary/aromatic N) is 1. The smallest absolute Gasteiger partial charge is 0.127 e. The van der Waals surface area contributed by atoms with Gasteiger partial charge in [-0.1, -0.05) is 18.8 Å². The van der Waals surface area contributed by atoms with Crippen LogP contribution in [0.4, 0.5) is 0 Å². The third-order valence-electron chi connectivity index (χ3n) is 3.73. The molecule has 0 amide bonds. The van der Waals surface area contributed by atoms with E-state index in [1.54, 1.807) is 0 Å². The molecule has 0 unspecified atom stereocenters. The highest BCUT2D eigenvalue weighted by molar-refractivity contribution is 5.09. The molecule has 1 N–H and O–H groups in total. The standard InChI is InChI=1S/C12H19NO/c1-2-12(14)7-9-13(10-8-12)11-5-3-4-6-11/h1,11,14H,3-10H2. The van der Waals surface area contributed by atoms with Gasteiger partial charge in [0.2, 0.25) is 0 Å². The summed E-state index contributed by atoms with van der Waals surface area (Å²) in [5, 5.41) is 9.88. The highest BCUT2D eigenvalue weighted by Crippen LogP contribution is 2.29. The summed E-state index contributed by atoms with van der Waals surface area (Å²) in [6, 6.07) is 0.775. The second-order valence-electron chi connectivity index (χ2n) is 4.65. The van der Waals surface area contributed by atoms with Crippen molar-refractivity contribution in [1.82, 2.24) is 4.90 Å². The van der Waals surface area contributed by atoms with Crippen LogP contribution in [0.25, 0.3) is 0 Å². The van der Waals surface area contributed by atoms with E-state index >= 15 is 0 Å².